The lowest BCUT2D eigenvalue weighted by Crippen LogP contribution is -2.26. The minimum Gasteiger partial charge on any atom is -0.508 e. The number of hydrogen-bond acceptors (Lipinski definition) is 20. The van der Waals surface area contributed by atoms with Crippen LogP contribution in [0.4, 0.5) is 0 Å². The summed E-state index contributed by atoms with van der Waals surface area (Å²) in [6.45, 7) is 0. The van der Waals surface area contributed by atoms with Crippen molar-refractivity contribution in [1.82, 2.24) is 0 Å². The lowest BCUT2D eigenvalue weighted by molar-refractivity contribution is 0.347. The Bertz CT molecular complexity index is 2770. The van der Waals surface area contributed by atoms with Gasteiger partial charge in [-0.05, 0) is 0 Å². The van der Waals surface area contributed by atoms with Gasteiger partial charge in [0.2, 0.25) is 34.5 Å². The third kappa shape index (κ3) is 3.97. The second-order valence-corrected chi connectivity index (χ2v) is 12.3. The summed E-state index contributed by atoms with van der Waals surface area (Å²) >= 11 is 0. The Morgan fingerprint density at radius 2 is 0.339 bits per heavy atom. The van der Waals surface area contributed by atoms with Gasteiger partial charge in [-0.25, -0.2) is 0 Å². The second-order valence-electron chi connectivity index (χ2n) is 12.3. The number of benzene rings is 7. The standard InChI is InChI=1S/C34H20B2O20/c35-13-14(36)18(40)4-2(8-16(38)10-12(24(46)22(8)44)28(50)34(56)32(54)26(10)48)6-5(19(41)29(51)30(52)20(6)42)1(3(4)17(13)39)7-15(37)9-11(23(45)21(7)43)27(49)33(55)31(53)25(9)47/h37-56H. The second kappa shape index (κ2) is 11.1. The average molecular weight is 770 g/mol. The molecule has 0 bridgehead atoms. The lowest BCUT2D eigenvalue weighted by Gasteiger charge is -2.26. The van der Waals surface area contributed by atoms with E-state index in [2.05, 4.69) is 0 Å². The van der Waals surface area contributed by atoms with E-state index in [1.165, 1.54) is 0 Å². The van der Waals surface area contributed by atoms with Crippen molar-refractivity contribution >= 4 is 69.7 Å². The van der Waals surface area contributed by atoms with Gasteiger partial charge in [0.05, 0.1) is 32.7 Å². The Hall–Kier alpha value is -8.29. The van der Waals surface area contributed by atoms with Gasteiger partial charge in [-0.3, -0.25) is 0 Å². The van der Waals surface area contributed by atoms with E-state index < -0.39 is 191 Å². The molecular formula is C34H20B2O20. The molecule has 282 valence electrons. The highest BCUT2D eigenvalue weighted by Gasteiger charge is 2.38. The summed E-state index contributed by atoms with van der Waals surface area (Å²) in [6, 6.07) is 0. The van der Waals surface area contributed by atoms with Gasteiger partial charge in [-0.1, -0.05) is 10.9 Å². The molecule has 0 amide bonds. The van der Waals surface area contributed by atoms with Crippen molar-refractivity contribution < 1.29 is 102 Å². The topological polar surface area (TPSA) is 405 Å². The van der Waals surface area contributed by atoms with E-state index in [0.717, 1.165) is 0 Å². The van der Waals surface area contributed by atoms with Crippen molar-refractivity contribution in [2.24, 2.45) is 0 Å². The predicted molar refractivity (Wildman–Crippen MR) is 191 cm³/mol. The van der Waals surface area contributed by atoms with Crippen LogP contribution in [0.2, 0.25) is 0 Å². The Balaban J connectivity index is 1.92. The van der Waals surface area contributed by atoms with Gasteiger partial charge in [0.15, 0.2) is 57.5 Å². The summed E-state index contributed by atoms with van der Waals surface area (Å²) in [5, 5.41) is 210. The van der Waals surface area contributed by atoms with Gasteiger partial charge in [0.1, 0.15) is 38.7 Å². The molecule has 20 nitrogen and oxygen atoms in total. The first-order chi connectivity index (χ1) is 26.0. The quantitative estimate of drug-likeness (QED) is 0.0510. The van der Waals surface area contributed by atoms with E-state index in [9.17, 15) is 102 Å². The molecule has 0 fully saturated rings. The Kier molecular flexibility index (Phi) is 7.16. The smallest absolute Gasteiger partial charge is 0.205 e. The molecule has 0 saturated heterocycles. The van der Waals surface area contributed by atoms with Gasteiger partial charge in [0, 0.05) is 32.7 Å². The molecule has 20 N–H and O–H groups in total. The number of phenolic OH excluding ortho intramolecular Hbond substituents is 20. The molecule has 0 aliphatic rings. The highest BCUT2D eigenvalue weighted by atomic mass is 16.4. The maximum Gasteiger partial charge on any atom is 0.205 e. The first-order valence-electron chi connectivity index (χ1n) is 15.0. The van der Waals surface area contributed by atoms with Gasteiger partial charge >= 0.3 is 0 Å². The van der Waals surface area contributed by atoms with Crippen molar-refractivity contribution in [2.75, 3.05) is 0 Å². The monoisotopic (exact) mass is 770 g/mol. The molecular weight excluding hydrogens is 750 g/mol. The highest BCUT2D eigenvalue weighted by molar-refractivity contribution is 6.54. The maximum atomic E-state index is 11.7. The molecule has 0 aromatic heterocycles. The molecule has 4 radical (unpaired) electrons. The molecule has 7 aromatic carbocycles. The van der Waals surface area contributed by atoms with Crippen LogP contribution in [-0.4, -0.2) is 118 Å². The van der Waals surface area contributed by atoms with E-state index in [4.69, 9.17) is 15.7 Å². The Morgan fingerprint density at radius 3 is 0.589 bits per heavy atom. The van der Waals surface area contributed by atoms with Gasteiger partial charge in [-0.2, -0.15) is 0 Å². The van der Waals surface area contributed by atoms with Crippen molar-refractivity contribution in [3.63, 3.8) is 0 Å². The third-order valence-corrected chi connectivity index (χ3v) is 9.56. The average Bonchev–Trinajstić information content (AvgIpc) is 3.16. The SMILES string of the molecule is [B]c1c([B])c(O)c2c(-c3c(O)c(O)c4c(O)c(O)c(O)c(O)c4c3O)c3c(O)c(O)c(O)c(O)c3c(-c3c(O)c(O)c4c(O)c(O)c(O)c(O)c4c3O)c2c1O. The summed E-state index contributed by atoms with van der Waals surface area (Å²) < 4.78 is 0. The molecule has 0 aliphatic heterocycles. The zero-order valence-corrected chi connectivity index (χ0v) is 27.1. The van der Waals surface area contributed by atoms with E-state index in [1.807, 2.05) is 0 Å². The van der Waals surface area contributed by atoms with Crippen molar-refractivity contribution in [3.8, 4) is 137 Å². The molecule has 0 atom stereocenters. The van der Waals surface area contributed by atoms with Crippen LogP contribution in [0.25, 0.3) is 65.3 Å². The van der Waals surface area contributed by atoms with Crippen LogP contribution >= 0.6 is 0 Å². The molecule has 0 heterocycles. The van der Waals surface area contributed by atoms with E-state index >= 15 is 0 Å². The lowest BCUT2D eigenvalue weighted by atomic mass is 9.73. The molecule has 7 aromatic rings. The minimum absolute atomic E-state index is 0.960. The van der Waals surface area contributed by atoms with Crippen LogP contribution in [-0.2, 0) is 0 Å². The number of fused-ring (bicyclic) bond motifs is 4. The van der Waals surface area contributed by atoms with Crippen LogP contribution < -0.4 is 10.9 Å². The summed E-state index contributed by atoms with van der Waals surface area (Å²) in [7, 11) is 11.9. The van der Waals surface area contributed by atoms with Crippen molar-refractivity contribution in [2.45, 2.75) is 0 Å². The molecule has 0 unspecified atom stereocenters. The molecule has 22 heteroatoms. The normalized spacial score (nSPS) is 11.7. The van der Waals surface area contributed by atoms with Crippen LogP contribution in [0.1, 0.15) is 0 Å². The zero-order chi connectivity index (χ0) is 41.6. The van der Waals surface area contributed by atoms with Gasteiger partial charge < -0.3 is 102 Å². The Labute approximate surface area is 308 Å². The number of hydrogen-bond donors (Lipinski definition) is 20. The summed E-state index contributed by atoms with van der Waals surface area (Å²) in [5.74, 6) is -30.3. The third-order valence-electron chi connectivity index (χ3n) is 9.56. The Morgan fingerprint density at radius 1 is 0.161 bits per heavy atom. The first kappa shape index (κ1) is 36.1. The number of rotatable bonds is 2. The highest BCUT2D eigenvalue weighted by Crippen LogP contribution is 2.67. The van der Waals surface area contributed by atoms with E-state index in [-0.39, 0.29) is 0 Å². The first-order valence-corrected chi connectivity index (χ1v) is 15.0. The maximum absolute atomic E-state index is 11.7. The molecule has 0 saturated carbocycles. The van der Waals surface area contributed by atoms with E-state index in [0.29, 0.717) is 0 Å². The fourth-order valence-electron chi connectivity index (χ4n) is 6.92. The fraction of sp³-hybridized carbons (Fsp3) is 0. The van der Waals surface area contributed by atoms with Gasteiger partial charge in [0.25, 0.3) is 0 Å². The minimum atomic E-state index is -1.63. The van der Waals surface area contributed by atoms with Crippen LogP contribution in [0, 0.1) is 0 Å². The summed E-state index contributed by atoms with van der Waals surface area (Å²) in [6.07, 6.45) is 0. The van der Waals surface area contributed by atoms with Crippen LogP contribution in [0.5, 0.6) is 115 Å². The number of phenols is 20. The van der Waals surface area contributed by atoms with Crippen molar-refractivity contribution in [1.29, 1.82) is 0 Å². The largest absolute Gasteiger partial charge is 0.508 e. The molecule has 0 aliphatic carbocycles. The molecule has 56 heavy (non-hydrogen) atoms. The fourth-order valence-corrected chi connectivity index (χ4v) is 6.92. The number of aromatic hydroxyl groups is 20. The summed E-state index contributed by atoms with van der Waals surface area (Å²) in [4.78, 5) is 0. The molecule has 0 spiro atoms. The van der Waals surface area contributed by atoms with Crippen LogP contribution in [0.3, 0.4) is 0 Å². The predicted octanol–water partition coefficient (Wildman–Crippen LogP) is 1.33. The van der Waals surface area contributed by atoms with E-state index in [1.54, 1.807) is 0 Å². The summed E-state index contributed by atoms with van der Waals surface area (Å²) in [5.41, 5.74) is -6.89. The van der Waals surface area contributed by atoms with Crippen LogP contribution in [0.15, 0.2) is 0 Å². The van der Waals surface area contributed by atoms with Gasteiger partial charge in [-0.15, -0.1) is 0 Å². The zero-order valence-electron chi connectivity index (χ0n) is 27.1. The molecule has 7 rings (SSSR count). The van der Waals surface area contributed by atoms with Crippen molar-refractivity contribution in [3.05, 3.63) is 0 Å².